The molecule has 0 radical (unpaired) electrons. The summed E-state index contributed by atoms with van der Waals surface area (Å²) in [6.45, 7) is 5.04. The summed E-state index contributed by atoms with van der Waals surface area (Å²) >= 11 is 0. The molecular formula is C27H36FN3O4. The molecule has 2 aromatic carbocycles. The number of hydrogen-bond donors (Lipinski definition) is 1. The number of hydrogen-bond acceptors (Lipinski definition) is 6. The molecular weight excluding hydrogens is 449 g/mol. The lowest BCUT2D eigenvalue weighted by molar-refractivity contribution is 0.0101. The van der Waals surface area contributed by atoms with Crippen LogP contribution in [0.15, 0.2) is 54.6 Å². The number of unbranched alkanes of at least 4 members (excludes halogenated alkanes) is 1. The highest BCUT2D eigenvalue weighted by Crippen LogP contribution is 2.34. The number of rotatable bonds is 15. The van der Waals surface area contributed by atoms with Crippen molar-refractivity contribution in [2.24, 2.45) is 7.05 Å². The van der Waals surface area contributed by atoms with Gasteiger partial charge in [-0.25, -0.2) is 9.07 Å². The smallest absolute Gasteiger partial charge is 0.222 e. The molecule has 1 unspecified atom stereocenters. The van der Waals surface area contributed by atoms with Crippen LogP contribution in [0.5, 0.6) is 11.6 Å². The Balaban J connectivity index is 1.88. The Bertz CT molecular complexity index is 1010. The molecule has 8 heteroatoms. The molecule has 0 bridgehead atoms. The highest BCUT2D eigenvalue weighted by molar-refractivity contribution is 5.65. The number of halogens is 1. The number of methoxy groups -OCH3 is 1. The van der Waals surface area contributed by atoms with Crippen molar-refractivity contribution in [1.82, 2.24) is 14.7 Å². The van der Waals surface area contributed by atoms with Gasteiger partial charge in [-0.3, -0.25) is 4.90 Å². The molecule has 1 heterocycles. The van der Waals surface area contributed by atoms with E-state index in [9.17, 15) is 9.50 Å². The first-order valence-corrected chi connectivity index (χ1v) is 12.0. The van der Waals surface area contributed by atoms with Gasteiger partial charge in [-0.1, -0.05) is 43.7 Å². The first kappa shape index (κ1) is 26.8. The maximum absolute atomic E-state index is 13.4. The van der Waals surface area contributed by atoms with Gasteiger partial charge in [0, 0.05) is 46.0 Å². The van der Waals surface area contributed by atoms with Crippen molar-refractivity contribution < 1.29 is 23.7 Å². The number of aliphatic hydroxyl groups is 1. The molecule has 0 saturated heterocycles. The molecule has 0 aliphatic heterocycles. The first-order valence-electron chi connectivity index (χ1n) is 12.0. The summed E-state index contributed by atoms with van der Waals surface area (Å²) in [7, 11) is 3.48. The van der Waals surface area contributed by atoms with Crippen molar-refractivity contribution in [3.8, 4) is 22.9 Å². The number of aliphatic hydroxyl groups excluding tert-OH is 1. The summed E-state index contributed by atoms with van der Waals surface area (Å²) in [5.41, 5.74) is 2.63. The third-order valence-corrected chi connectivity index (χ3v) is 5.58. The van der Waals surface area contributed by atoms with E-state index in [-0.39, 0.29) is 12.4 Å². The summed E-state index contributed by atoms with van der Waals surface area (Å²) < 4.78 is 32.3. The third kappa shape index (κ3) is 8.14. The number of ether oxygens (including phenoxy) is 3. The number of benzene rings is 2. The Hall–Kier alpha value is -2.78. The van der Waals surface area contributed by atoms with E-state index in [0.29, 0.717) is 44.5 Å². The van der Waals surface area contributed by atoms with E-state index in [0.717, 1.165) is 29.7 Å². The summed E-state index contributed by atoms with van der Waals surface area (Å²) in [5.74, 6) is 0.753. The molecule has 35 heavy (non-hydrogen) atoms. The van der Waals surface area contributed by atoms with Crippen molar-refractivity contribution in [1.29, 1.82) is 0 Å². The predicted molar refractivity (Wildman–Crippen MR) is 134 cm³/mol. The van der Waals surface area contributed by atoms with Crippen molar-refractivity contribution in [3.05, 3.63) is 66.0 Å². The lowest BCUT2D eigenvalue weighted by atomic mass is 10.1. The Morgan fingerprint density at radius 1 is 1.09 bits per heavy atom. The van der Waals surface area contributed by atoms with Gasteiger partial charge in [-0.15, -0.1) is 0 Å². The molecule has 3 rings (SSSR count). The van der Waals surface area contributed by atoms with Crippen LogP contribution in [-0.4, -0.2) is 65.9 Å². The Labute approximate surface area is 207 Å². The predicted octanol–water partition coefficient (Wildman–Crippen LogP) is 4.64. The summed E-state index contributed by atoms with van der Waals surface area (Å²) in [4.78, 5) is 2.11. The molecule has 0 fully saturated rings. The molecule has 1 atom stereocenters. The lowest BCUT2D eigenvalue weighted by Crippen LogP contribution is -2.36. The largest absolute Gasteiger partial charge is 0.439 e. The van der Waals surface area contributed by atoms with E-state index in [2.05, 4.69) is 11.8 Å². The second-order valence-corrected chi connectivity index (χ2v) is 8.49. The lowest BCUT2D eigenvalue weighted by Gasteiger charge is -2.25. The van der Waals surface area contributed by atoms with Crippen LogP contribution >= 0.6 is 0 Å². The van der Waals surface area contributed by atoms with Crippen LogP contribution in [0.2, 0.25) is 0 Å². The Morgan fingerprint density at radius 3 is 2.51 bits per heavy atom. The molecule has 0 aliphatic carbocycles. The summed E-state index contributed by atoms with van der Waals surface area (Å²) in [5, 5.41) is 15.4. The topological polar surface area (TPSA) is 69.0 Å². The molecule has 190 valence electrons. The van der Waals surface area contributed by atoms with Crippen molar-refractivity contribution >= 4 is 0 Å². The fraction of sp³-hybridized carbons (Fsp3) is 0.444. The van der Waals surface area contributed by atoms with Crippen LogP contribution in [0.4, 0.5) is 4.39 Å². The minimum atomic E-state index is -0.637. The van der Waals surface area contributed by atoms with Crippen molar-refractivity contribution in [2.45, 2.75) is 32.4 Å². The highest BCUT2D eigenvalue weighted by Gasteiger charge is 2.23. The van der Waals surface area contributed by atoms with E-state index in [1.165, 1.54) is 12.1 Å². The van der Waals surface area contributed by atoms with Gasteiger partial charge in [0.1, 0.15) is 17.3 Å². The quantitative estimate of drug-likeness (QED) is 0.316. The van der Waals surface area contributed by atoms with Crippen LogP contribution in [0.25, 0.3) is 11.3 Å². The fourth-order valence-electron chi connectivity index (χ4n) is 3.76. The zero-order chi connectivity index (χ0) is 25.0. The summed E-state index contributed by atoms with van der Waals surface area (Å²) in [6.07, 6.45) is 1.39. The SMILES string of the molecule is CCCCOCC(O)CN(CCOC)Cc1c(-c2ccccc2)nn(C)c1Oc1ccc(F)cc1. The number of nitrogens with zero attached hydrogens (tertiary/aromatic N) is 3. The average molecular weight is 486 g/mol. The Morgan fingerprint density at radius 2 is 1.83 bits per heavy atom. The van der Waals surface area contributed by atoms with Gasteiger partial charge in [-0.2, -0.15) is 5.10 Å². The van der Waals surface area contributed by atoms with Crippen LogP contribution < -0.4 is 4.74 Å². The Kier molecular flexibility index (Phi) is 10.7. The van der Waals surface area contributed by atoms with Crippen molar-refractivity contribution in [3.63, 3.8) is 0 Å². The molecule has 3 aromatic rings. The van der Waals surface area contributed by atoms with Crippen LogP contribution in [0, 0.1) is 5.82 Å². The average Bonchev–Trinajstić information content (AvgIpc) is 3.17. The van der Waals surface area contributed by atoms with E-state index in [4.69, 9.17) is 19.3 Å². The maximum atomic E-state index is 13.4. The molecule has 0 saturated carbocycles. The maximum Gasteiger partial charge on any atom is 0.222 e. The van der Waals surface area contributed by atoms with E-state index >= 15 is 0 Å². The molecule has 1 aromatic heterocycles. The molecule has 0 amide bonds. The van der Waals surface area contributed by atoms with E-state index in [1.54, 1.807) is 23.9 Å². The van der Waals surface area contributed by atoms with Crippen molar-refractivity contribution in [2.75, 3.05) is 40.0 Å². The zero-order valence-electron chi connectivity index (χ0n) is 20.8. The van der Waals surface area contributed by atoms with Gasteiger partial charge in [0.25, 0.3) is 0 Å². The van der Waals surface area contributed by atoms with Gasteiger partial charge in [0.05, 0.1) is 24.9 Å². The van der Waals surface area contributed by atoms with Gasteiger partial charge in [0.2, 0.25) is 5.88 Å². The molecule has 1 N–H and O–H groups in total. The van der Waals surface area contributed by atoms with Gasteiger partial charge >= 0.3 is 0 Å². The highest BCUT2D eigenvalue weighted by atomic mass is 19.1. The van der Waals surface area contributed by atoms with E-state index < -0.39 is 6.10 Å². The standard InChI is InChI=1S/C27H36FN3O4/c1-4-5-16-34-20-23(32)18-31(15-17-33-3)19-25-26(21-9-7-6-8-10-21)29-30(2)27(25)35-24-13-11-22(28)12-14-24/h6-14,23,32H,4-5,15-20H2,1-3H3. The van der Waals surface area contributed by atoms with Gasteiger partial charge in [-0.05, 0) is 30.7 Å². The number of aryl methyl sites for hydroxylation is 1. The van der Waals surface area contributed by atoms with Crippen LogP contribution in [-0.2, 0) is 23.1 Å². The van der Waals surface area contributed by atoms with E-state index in [1.807, 2.05) is 37.4 Å². The third-order valence-electron chi connectivity index (χ3n) is 5.58. The summed E-state index contributed by atoms with van der Waals surface area (Å²) in [6, 6.07) is 15.8. The minimum absolute atomic E-state index is 0.279. The first-order chi connectivity index (χ1) is 17.0. The van der Waals surface area contributed by atoms with Crippen LogP contribution in [0.3, 0.4) is 0 Å². The van der Waals surface area contributed by atoms with Gasteiger partial charge in [0.15, 0.2) is 0 Å². The molecule has 7 nitrogen and oxygen atoms in total. The second-order valence-electron chi connectivity index (χ2n) is 8.49. The molecule has 0 spiro atoms. The minimum Gasteiger partial charge on any atom is -0.439 e. The molecule has 0 aliphatic rings. The van der Waals surface area contributed by atoms with Crippen LogP contribution in [0.1, 0.15) is 25.3 Å². The second kappa shape index (κ2) is 13.9. The normalized spacial score (nSPS) is 12.3. The monoisotopic (exact) mass is 485 g/mol. The van der Waals surface area contributed by atoms with Gasteiger partial charge < -0.3 is 19.3 Å². The number of aromatic nitrogens is 2. The fourth-order valence-corrected chi connectivity index (χ4v) is 3.76. The zero-order valence-corrected chi connectivity index (χ0v) is 20.8.